The number of benzene rings is 4. The summed E-state index contributed by atoms with van der Waals surface area (Å²) < 4.78 is 50.7. The average Bonchev–Trinajstić information content (AvgIpc) is 2.12. The van der Waals surface area contributed by atoms with Gasteiger partial charge in [-0.3, -0.25) is 24.6 Å². The van der Waals surface area contributed by atoms with Gasteiger partial charge in [0.1, 0.15) is 54.0 Å². The first-order chi connectivity index (χ1) is 39.6. The van der Waals surface area contributed by atoms with Crippen LogP contribution in [0, 0.1) is 24.5 Å². The third kappa shape index (κ3) is 11.3. The van der Waals surface area contributed by atoms with Crippen molar-refractivity contribution in [2.24, 2.45) is 16.6 Å². The summed E-state index contributed by atoms with van der Waals surface area (Å²) in [7, 11) is 1.60. The van der Waals surface area contributed by atoms with Crippen molar-refractivity contribution in [3.8, 4) is 39.4 Å². The quantitative estimate of drug-likeness (QED) is 0.0317. The van der Waals surface area contributed by atoms with E-state index in [-0.39, 0.29) is 67.7 Å². The molecule has 4 aromatic carbocycles. The number of amidine groups is 1. The van der Waals surface area contributed by atoms with Crippen LogP contribution < -0.4 is 21.1 Å². The molecule has 2 amide bonds. The van der Waals surface area contributed by atoms with E-state index in [2.05, 4.69) is 54.0 Å². The molecule has 3 aromatic heterocycles. The van der Waals surface area contributed by atoms with Gasteiger partial charge in [0.2, 0.25) is 11.8 Å². The summed E-state index contributed by atoms with van der Waals surface area (Å²) in [4.78, 5) is 41.7. The molecule has 11 rings (SSSR count). The van der Waals surface area contributed by atoms with Crippen LogP contribution in [0.3, 0.4) is 0 Å². The highest BCUT2D eigenvalue weighted by Crippen LogP contribution is 2.55. The number of ether oxygens (including phenoxy) is 3. The topological polar surface area (TPSA) is 243 Å². The van der Waals surface area contributed by atoms with Crippen LogP contribution in [0.15, 0.2) is 96.4 Å². The maximum absolute atomic E-state index is 16.2. The largest absolute Gasteiger partial charge is 0.486 e. The number of amides is 2. The van der Waals surface area contributed by atoms with Gasteiger partial charge in [0.05, 0.1) is 42.8 Å². The van der Waals surface area contributed by atoms with Crippen molar-refractivity contribution >= 4 is 34.4 Å². The van der Waals surface area contributed by atoms with Gasteiger partial charge in [-0.25, -0.2) is 13.5 Å². The summed E-state index contributed by atoms with van der Waals surface area (Å²) in [5.41, 5.74) is 14.8. The van der Waals surface area contributed by atoms with E-state index in [9.17, 15) is 24.2 Å². The van der Waals surface area contributed by atoms with E-state index < -0.39 is 48.5 Å². The number of hydrogen-bond acceptors (Lipinski definition) is 14. The molecule has 0 spiro atoms. The van der Waals surface area contributed by atoms with Crippen molar-refractivity contribution in [3.63, 3.8) is 0 Å². The van der Waals surface area contributed by atoms with E-state index in [1.54, 1.807) is 50.7 Å². The number of aliphatic hydroxyl groups excluding tert-OH is 2. The lowest BCUT2D eigenvalue weighted by Crippen LogP contribution is -2.50. The van der Waals surface area contributed by atoms with E-state index in [1.807, 2.05) is 45.0 Å². The molecule has 430 valence electrons. The number of piperazine rings is 1. The van der Waals surface area contributed by atoms with Gasteiger partial charge in [0, 0.05) is 85.1 Å². The van der Waals surface area contributed by atoms with Gasteiger partial charge in [0.15, 0.2) is 5.75 Å². The molecular weight excluding hydrogens is 1050 g/mol. The van der Waals surface area contributed by atoms with Gasteiger partial charge in [-0.05, 0) is 97.9 Å². The summed E-state index contributed by atoms with van der Waals surface area (Å²) in [5, 5.41) is 44.8. The molecule has 3 aliphatic heterocycles. The number of halogens is 2. The number of aromatic amines is 1. The maximum atomic E-state index is 16.2. The van der Waals surface area contributed by atoms with Crippen LogP contribution in [-0.2, 0) is 25.7 Å². The Morgan fingerprint density at radius 3 is 2.43 bits per heavy atom. The minimum absolute atomic E-state index is 0.00803. The summed E-state index contributed by atoms with van der Waals surface area (Å²) in [6.07, 6.45) is 6.67. The van der Waals surface area contributed by atoms with E-state index in [0.29, 0.717) is 62.5 Å². The van der Waals surface area contributed by atoms with Crippen LogP contribution in [0.1, 0.15) is 105 Å². The number of pyridine rings is 1. The minimum atomic E-state index is -1.04. The summed E-state index contributed by atoms with van der Waals surface area (Å²) >= 11 is 0. The number of aliphatic hydroxyl groups is 2. The van der Waals surface area contributed by atoms with Crippen molar-refractivity contribution in [2.75, 3.05) is 40.0 Å². The molecule has 1 unspecified atom stereocenters. The standard InChI is InChI=1S/C61H70F2N12O7/c1-32(2)57(60(79)74-27-43(77)21-52(74)59(78)68-51(29-76)39-15-17-40(18-16-39)55-47(62)8-7-19-65-55)75-28-50(71-72-75)38-11-9-36(10-12-38)31-81-58-54(53-34(4)48(63)23-49-46(53)25-67-70-49)45(37-13-14-37)22-44(35(5)73-26-41-20-42(73)24-66-41)56(58)69-61(64)82-30-33(3)80-6/h7-12,15-19,22-23,25,28,32-33,35,37,41-43,51-52,57,66,76-77H,13-14,20-21,24,26-27,29-31H2,1-6H3,(H2,64,69)(H,67,70)(H,68,78)/t33-,35?,41-,42-,43+,51-,52-,57-/m0/s1. The van der Waals surface area contributed by atoms with E-state index in [0.717, 1.165) is 60.0 Å². The predicted octanol–water partition coefficient (Wildman–Crippen LogP) is 7.71. The maximum Gasteiger partial charge on any atom is 0.287 e. The van der Waals surface area contributed by atoms with Gasteiger partial charge in [-0.1, -0.05) is 73.7 Å². The number of hydrogen-bond donors (Lipinski definition) is 6. The van der Waals surface area contributed by atoms with Gasteiger partial charge in [-0.2, -0.15) is 10.1 Å². The number of β-amino-alcohol motifs (C(OH)–C–C–N with tert-alkyl or cyclic N) is 1. The van der Waals surface area contributed by atoms with Crippen LogP contribution >= 0.6 is 0 Å². The molecule has 1 saturated carbocycles. The number of aliphatic imine (C=N–C) groups is 1. The second-order valence-corrected chi connectivity index (χ2v) is 22.6. The number of aromatic nitrogens is 6. The van der Waals surface area contributed by atoms with Gasteiger partial charge in [0.25, 0.3) is 6.02 Å². The Morgan fingerprint density at radius 1 is 0.976 bits per heavy atom. The van der Waals surface area contributed by atoms with Crippen molar-refractivity contribution in [1.82, 2.24) is 50.6 Å². The lowest BCUT2D eigenvalue weighted by molar-refractivity contribution is -0.142. The fourth-order valence-electron chi connectivity index (χ4n) is 12.0. The zero-order valence-corrected chi connectivity index (χ0v) is 46.9. The monoisotopic (exact) mass is 1120 g/mol. The van der Waals surface area contributed by atoms with Crippen LogP contribution in [0.5, 0.6) is 5.75 Å². The van der Waals surface area contributed by atoms with Crippen molar-refractivity contribution < 1.29 is 42.8 Å². The molecule has 0 radical (unpaired) electrons. The second kappa shape index (κ2) is 23.7. The molecule has 6 heterocycles. The zero-order valence-electron chi connectivity index (χ0n) is 46.9. The number of carbonyl (C=O) groups excluding carboxylic acids is 2. The van der Waals surface area contributed by atoms with Crippen molar-refractivity contribution in [1.29, 1.82) is 0 Å². The highest BCUT2D eigenvalue weighted by Gasteiger charge is 2.45. The Balaban J connectivity index is 0.867. The van der Waals surface area contributed by atoms with Crippen LogP contribution in [0.2, 0.25) is 0 Å². The zero-order chi connectivity index (χ0) is 57.5. The smallest absolute Gasteiger partial charge is 0.287 e. The number of likely N-dealkylation sites (tertiary alicyclic amines) is 2. The molecule has 8 atom stereocenters. The molecule has 19 nitrogen and oxygen atoms in total. The van der Waals surface area contributed by atoms with Crippen molar-refractivity contribution in [2.45, 2.75) is 121 Å². The summed E-state index contributed by atoms with van der Waals surface area (Å²) in [6.45, 7) is 11.1. The first-order valence-corrected chi connectivity index (χ1v) is 28.2. The second-order valence-electron chi connectivity index (χ2n) is 22.6. The fourth-order valence-corrected chi connectivity index (χ4v) is 12.0. The van der Waals surface area contributed by atoms with Gasteiger partial charge in [-0.15, -0.1) is 5.10 Å². The van der Waals surface area contributed by atoms with Crippen LogP contribution in [0.4, 0.5) is 14.5 Å². The first kappa shape index (κ1) is 56.2. The van der Waals surface area contributed by atoms with E-state index in [4.69, 9.17) is 24.9 Å². The Bertz CT molecular complexity index is 3500. The Morgan fingerprint density at radius 2 is 1.74 bits per heavy atom. The minimum Gasteiger partial charge on any atom is -0.486 e. The Kier molecular flexibility index (Phi) is 16.2. The molecule has 2 bridgehead atoms. The molecule has 1 aliphatic carbocycles. The summed E-state index contributed by atoms with van der Waals surface area (Å²) in [5.74, 6) is -1.48. The molecular formula is C61H70F2N12O7. The highest BCUT2D eigenvalue weighted by molar-refractivity contribution is 6.01. The van der Waals surface area contributed by atoms with Gasteiger partial charge < -0.3 is 45.7 Å². The lowest BCUT2D eigenvalue weighted by atomic mass is 9.86. The molecule has 4 aliphatic rings. The number of nitrogens with zero attached hydrogens (tertiary/aromatic N) is 8. The van der Waals surface area contributed by atoms with Crippen LogP contribution in [-0.4, -0.2) is 138 Å². The summed E-state index contributed by atoms with van der Waals surface area (Å²) in [6, 6.07) is 18.7. The Hall–Kier alpha value is -7.69. The third-order valence-electron chi connectivity index (χ3n) is 16.7. The molecule has 4 fully saturated rings. The fraction of sp³-hybridized carbons (Fsp3) is 0.426. The van der Waals surface area contributed by atoms with E-state index in [1.165, 1.54) is 34.0 Å². The SMILES string of the molecule is CO[C@@H](C)COC(N)=Nc1c(C(C)N2C[C@@H]3C[C@H]2CN3)cc(C2CC2)c(-c2c(C)c(F)cc3[nH]ncc23)c1OCc1ccc(-c2cn([C@H](C(=O)N3C[C@H](O)C[C@H]3C(=O)N[C@@H](CO)c3ccc(-c4ncccc4F)cc3)C(C)C)nn2)cc1. The van der Waals surface area contributed by atoms with Crippen molar-refractivity contribution in [3.05, 3.63) is 131 Å². The molecule has 7 aromatic rings. The molecule has 3 saturated heterocycles. The molecule has 82 heavy (non-hydrogen) atoms. The van der Waals surface area contributed by atoms with E-state index >= 15 is 4.39 Å². The number of H-pyrrole nitrogens is 1. The lowest BCUT2D eigenvalue weighted by Gasteiger charge is -2.35. The predicted molar refractivity (Wildman–Crippen MR) is 305 cm³/mol. The number of fused-ring (bicyclic) bond motifs is 3. The molecule has 21 heteroatoms. The number of rotatable bonds is 20. The average molecular weight is 1120 g/mol. The molecule has 7 N–H and O–H groups in total. The van der Waals surface area contributed by atoms with Gasteiger partial charge >= 0.3 is 0 Å². The number of nitrogens with one attached hydrogen (secondary N) is 3. The third-order valence-corrected chi connectivity index (χ3v) is 16.7. The normalized spacial score (nSPS) is 20.6. The first-order valence-electron chi connectivity index (χ1n) is 28.2. The number of methoxy groups -OCH3 is 1. The highest BCUT2D eigenvalue weighted by atomic mass is 19.1. The van der Waals surface area contributed by atoms with Crippen LogP contribution in [0.25, 0.3) is 44.5 Å². The number of nitrogens with two attached hydrogens (primary N) is 1. The Labute approximate surface area is 474 Å². The number of carbonyl (C=O) groups is 2.